The molecule has 0 aromatic heterocycles. The van der Waals surface area contributed by atoms with Crippen LogP contribution in [0.3, 0.4) is 0 Å². The second kappa shape index (κ2) is 3.18. The van der Waals surface area contributed by atoms with Crippen LogP contribution in [0.5, 0.6) is 0 Å². The van der Waals surface area contributed by atoms with Crippen LogP contribution in [0.15, 0.2) is 0 Å². The quantitative estimate of drug-likeness (QED) is 0.604. The summed E-state index contributed by atoms with van der Waals surface area (Å²) in [6, 6.07) is -0.176. The van der Waals surface area contributed by atoms with Gasteiger partial charge in [-0.1, -0.05) is 0 Å². The van der Waals surface area contributed by atoms with Gasteiger partial charge in [-0.25, -0.2) is 0 Å². The maximum atomic E-state index is 7.01. The summed E-state index contributed by atoms with van der Waals surface area (Å²) in [4.78, 5) is 0. The second-order valence-corrected chi connectivity index (χ2v) is 2.39. The third-order valence-corrected chi connectivity index (χ3v) is 1.76. The lowest BCUT2D eigenvalue weighted by atomic mass is 10.2. The van der Waals surface area contributed by atoms with Crippen LogP contribution in [0.4, 0.5) is 0 Å². The van der Waals surface area contributed by atoms with Crippen LogP contribution >= 0.6 is 0 Å². The van der Waals surface area contributed by atoms with E-state index in [1.807, 2.05) is 0 Å². The zero-order valence-electron chi connectivity index (χ0n) is 11.2. The Balaban J connectivity index is 2.33. The van der Waals surface area contributed by atoms with Crippen molar-refractivity contribution in [3.05, 3.63) is 0 Å². The van der Waals surface area contributed by atoms with Gasteiger partial charge in [0, 0.05) is 17.2 Å². The fourth-order valence-corrected chi connectivity index (χ4v) is 1.18. The average molecular weight is 135 g/mol. The molecule has 1 fully saturated rings. The minimum atomic E-state index is -2.39. The summed E-state index contributed by atoms with van der Waals surface area (Å²) in [6.45, 7) is -2.17. The molecule has 54 valence electrons. The smallest absolute Gasteiger partial charge is 0.0586 e. The van der Waals surface area contributed by atoms with Crippen molar-refractivity contribution >= 4 is 0 Å². The number of hydrogen-bond donors (Lipinski definition) is 1. The van der Waals surface area contributed by atoms with E-state index >= 15 is 0 Å². The van der Waals surface area contributed by atoms with Crippen molar-refractivity contribution in [2.75, 3.05) is 14.0 Å². The fraction of sp³-hybridized carbons (Fsp3) is 1.00. The lowest BCUT2D eigenvalue weighted by Gasteiger charge is -2.07. The number of hydrogen-bond acceptors (Lipinski definition) is 2. The van der Waals surface area contributed by atoms with Gasteiger partial charge in [0.2, 0.25) is 0 Å². The highest BCUT2D eigenvalue weighted by Crippen LogP contribution is 2.20. The third kappa shape index (κ3) is 1.66. The van der Waals surface area contributed by atoms with E-state index in [1.165, 1.54) is 0 Å². The first-order valence-corrected chi connectivity index (χ1v) is 3.11. The first kappa shape index (κ1) is 2.51. The van der Waals surface area contributed by atoms with Crippen molar-refractivity contribution < 1.29 is 13.0 Å². The van der Waals surface area contributed by atoms with Crippen LogP contribution in [0.1, 0.15) is 27.5 Å². The van der Waals surface area contributed by atoms with Crippen molar-refractivity contribution in [3.63, 3.8) is 0 Å². The molecule has 0 spiro atoms. The minimum Gasteiger partial charge on any atom is -0.381 e. The molecule has 0 radical (unpaired) electrons. The van der Waals surface area contributed by atoms with Crippen molar-refractivity contribution in [1.82, 2.24) is 5.32 Å². The van der Waals surface area contributed by atoms with Gasteiger partial charge < -0.3 is 10.1 Å². The maximum Gasteiger partial charge on any atom is 0.0586 e. The van der Waals surface area contributed by atoms with E-state index < -0.39 is 14.0 Å². The fourth-order valence-electron chi connectivity index (χ4n) is 1.18. The second-order valence-electron chi connectivity index (χ2n) is 2.39. The number of ether oxygens (including phenoxy) is 1. The summed E-state index contributed by atoms with van der Waals surface area (Å²) >= 11 is 0. The van der Waals surface area contributed by atoms with Gasteiger partial charge in [0.15, 0.2) is 0 Å². The predicted octanol–water partition coefficient (Wildman–Crippen LogP) is 0.773. The zero-order chi connectivity index (χ0) is 11.7. The molecule has 0 aromatic rings. The maximum absolute atomic E-state index is 7.01. The normalized spacial score (nSPS) is 48.0. The van der Waals surface area contributed by atoms with Gasteiger partial charge in [0.05, 0.1) is 10.2 Å². The molecule has 1 rings (SSSR count). The molecule has 2 heteroatoms. The molecule has 9 heavy (non-hydrogen) atoms. The van der Waals surface area contributed by atoms with Crippen molar-refractivity contribution in [2.45, 2.75) is 31.4 Å². The largest absolute Gasteiger partial charge is 0.381 e. The molecule has 0 aromatic carbocycles. The first-order valence-electron chi connectivity index (χ1n) is 6.11. The summed E-state index contributed by atoms with van der Waals surface area (Å²) < 4.78 is 46.6. The predicted molar refractivity (Wildman–Crippen MR) is 37.5 cm³/mol. The molecule has 0 bridgehead atoms. The SMILES string of the molecule is [2H]C([2H])([2H])N[C@H]1CC[C@H](OC([2H])([2H])[2H])C1. The summed E-state index contributed by atoms with van der Waals surface area (Å²) in [6.07, 6.45) is 1.31. The summed E-state index contributed by atoms with van der Waals surface area (Å²) in [5.74, 6) is 0. The Hall–Kier alpha value is -0.0800. The first-order chi connectivity index (χ1) is 6.66. The topological polar surface area (TPSA) is 21.3 Å². The van der Waals surface area contributed by atoms with Gasteiger partial charge >= 0.3 is 0 Å². The molecule has 0 aliphatic heterocycles. The molecule has 0 unspecified atom stereocenters. The Labute approximate surface area is 65.0 Å². The highest BCUT2D eigenvalue weighted by molar-refractivity contribution is 4.79. The summed E-state index contributed by atoms with van der Waals surface area (Å²) in [5.41, 5.74) is 0. The molecular weight excluding hydrogens is 114 g/mol. The van der Waals surface area contributed by atoms with E-state index in [9.17, 15) is 0 Å². The van der Waals surface area contributed by atoms with Gasteiger partial charge in [-0.05, 0) is 26.2 Å². The average Bonchev–Trinajstić information content (AvgIpc) is 2.28. The monoisotopic (exact) mass is 135 g/mol. The molecule has 2 nitrogen and oxygen atoms in total. The van der Waals surface area contributed by atoms with Crippen LogP contribution in [-0.2, 0) is 4.74 Å². The van der Waals surface area contributed by atoms with Gasteiger partial charge in [0.25, 0.3) is 0 Å². The Kier molecular flexibility index (Phi) is 0.888. The van der Waals surface area contributed by atoms with E-state index in [0.29, 0.717) is 19.3 Å². The standard InChI is InChI=1S/C7H15NO/c1-8-6-3-4-7(5-6)9-2/h6-8H,3-5H2,1-2H3/t6-,7-/m0/s1/i1D3,2D3. The van der Waals surface area contributed by atoms with Crippen LogP contribution in [0.2, 0.25) is 0 Å². The van der Waals surface area contributed by atoms with Crippen LogP contribution < -0.4 is 5.32 Å². The van der Waals surface area contributed by atoms with Crippen molar-refractivity contribution in [3.8, 4) is 0 Å². The summed E-state index contributed by atoms with van der Waals surface area (Å²) in [5, 5.41) is 2.47. The lowest BCUT2D eigenvalue weighted by Crippen LogP contribution is -2.22. The van der Waals surface area contributed by atoms with Gasteiger partial charge in [-0.3, -0.25) is 0 Å². The molecule has 1 saturated carbocycles. The molecule has 0 saturated heterocycles. The van der Waals surface area contributed by atoms with Gasteiger partial charge in [-0.15, -0.1) is 0 Å². The van der Waals surface area contributed by atoms with E-state index in [4.69, 9.17) is 13.0 Å². The van der Waals surface area contributed by atoms with E-state index in [0.717, 1.165) is 0 Å². The minimum absolute atomic E-state index is 0.176. The van der Waals surface area contributed by atoms with E-state index in [1.54, 1.807) is 0 Å². The Morgan fingerprint density at radius 2 is 2.67 bits per heavy atom. The Morgan fingerprint density at radius 1 is 1.67 bits per heavy atom. The molecule has 1 N–H and O–H groups in total. The Morgan fingerprint density at radius 3 is 3.44 bits per heavy atom. The van der Waals surface area contributed by atoms with Crippen molar-refractivity contribution in [1.29, 1.82) is 0 Å². The number of nitrogens with one attached hydrogen (secondary N) is 1. The zero-order valence-corrected chi connectivity index (χ0v) is 5.18. The van der Waals surface area contributed by atoms with Crippen LogP contribution in [0.25, 0.3) is 0 Å². The van der Waals surface area contributed by atoms with E-state index in [-0.39, 0.29) is 12.1 Å². The molecule has 0 heterocycles. The van der Waals surface area contributed by atoms with Crippen LogP contribution in [-0.4, -0.2) is 26.2 Å². The van der Waals surface area contributed by atoms with Gasteiger partial charge in [0.1, 0.15) is 0 Å². The molecule has 1 aliphatic rings. The molecule has 0 amide bonds. The van der Waals surface area contributed by atoms with E-state index in [2.05, 4.69) is 5.32 Å². The number of methoxy groups -OCH3 is 1. The number of rotatable bonds is 2. The molecule has 1 aliphatic carbocycles. The highest BCUT2D eigenvalue weighted by atomic mass is 16.5. The lowest BCUT2D eigenvalue weighted by molar-refractivity contribution is 0.107. The Bertz CT molecular complexity index is 191. The highest BCUT2D eigenvalue weighted by Gasteiger charge is 2.22. The summed E-state index contributed by atoms with van der Waals surface area (Å²) in [7, 11) is -2.39. The molecule has 2 atom stereocenters. The van der Waals surface area contributed by atoms with Gasteiger partial charge in [-0.2, -0.15) is 0 Å². The van der Waals surface area contributed by atoms with Crippen LogP contribution in [0, 0.1) is 0 Å². The third-order valence-electron chi connectivity index (χ3n) is 1.76. The van der Waals surface area contributed by atoms with Crippen molar-refractivity contribution in [2.24, 2.45) is 0 Å². The molecular formula is C7H15NO.